The van der Waals surface area contributed by atoms with Gasteiger partial charge in [-0.1, -0.05) is 72.8 Å². The van der Waals surface area contributed by atoms with Gasteiger partial charge in [0.05, 0.1) is 18.8 Å². The number of aryl methyl sites for hydroxylation is 1. The molecular formula is C27H32N6O. The highest BCUT2D eigenvalue weighted by atomic mass is 16.4. The molecule has 1 unspecified atom stereocenters. The van der Waals surface area contributed by atoms with Crippen LogP contribution in [0.15, 0.2) is 71.3 Å². The molecule has 0 amide bonds. The number of benzene rings is 2. The lowest BCUT2D eigenvalue weighted by Gasteiger charge is -2.22. The fourth-order valence-electron chi connectivity index (χ4n) is 4.46. The number of fused-ring (bicyclic) bond motifs is 4. The van der Waals surface area contributed by atoms with Crippen LogP contribution < -0.4 is 10.2 Å². The van der Waals surface area contributed by atoms with Crippen molar-refractivity contribution in [2.24, 2.45) is 0 Å². The molecule has 0 fully saturated rings. The summed E-state index contributed by atoms with van der Waals surface area (Å²) in [5, 5.41) is 12.5. The molecule has 4 bridgehead atoms. The van der Waals surface area contributed by atoms with Crippen LogP contribution in [0.3, 0.4) is 0 Å². The van der Waals surface area contributed by atoms with Gasteiger partial charge in [-0.25, -0.2) is 4.98 Å². The van der Waals surface area contributed by atoms with Crippen LogP contribution in [-0.2, 0) is 26.1 Å². The molecule has 2 aromatic heterocycles. The van der Waals surface area contributed by atoms with Crippen molar-refractivity contribution in [1.82, 2.24) is 25.3 Å². The van der Waals surface area contributed by atoms with E-state index in [1.807, 2.05) is 16.8 Å². The van der Waals surface area contributed by atoms with E-state index in [-0.39, 0.29) is 6.04 Å². The highest BCUT2D eigenvalue weighted by Crippen LogP contribution is 2.31. The Hall–Kier alpha value is -3.45. The van der Waals surface area contributed by atoms with Crippen LogP contribution >= 0.6 is 0 Å². The summed E-state index contributed by atoms with van der Waals surface area (Å²) in [6, 6.07) is 21.0. The molecule has 0 aliphatic carbocycles. The minimum absolute atomic E-state index is 0.0930. The van der Waals surface area contributed by atoms with Gasteiger partial charge in [-0.15, -0.1) is 5.10 Å². The Labute approximate surface area is 200 Å². The van der Waals surface area contributed by atoms with Crippen molar-refractivity contribution in [3.05, 3.63) is 95.3 Å². The minimum Gasteiger partial charge on any atom is -0.423 e. The zero-order valence-electron chi connectivity index (χ0n) is 19.7. The lowest BCUT2D eigenvalue weighted by molar-refractivity contribution is 0.382. The normalized spacial score (nSPS) is 16.9. The number of hydrogen-bond acceptors (Lipinski definition) is 6. The summed E-state index contributed by atoms with van der Waals surface area (Å²) in [6.45, 7) is 5.28. The van der Waals surface area contributed by atoms with Crippen LogP contribution in [0.2, 0.25) is 0 Å². The van der Waals surface area contributed by atoms with Gasteiger partial charge in [-0.3, -0.25) is 4.68 Å². The van der Waals surface area contributed by atoms with Crippen molar-refractivity contribution in [2.75, 3.05) is 11.4 Å². The number of oxazole rings is 1. The first-order valence-electron chi connectivity index (χ1n) is 12.2. The third-order valence-electron chi connectivity index (χ3n) is 6.26. The third kappa shape index (κ3) is 5.37. The maximum atomic E-state index is 6.57. The molecule has 34 heavy (non-hydrogen) atoms. The monoisotopic (exact) mass is 456 g/mol. The summed E-state index contributed by atoms with van der Waals surface area (Å²) in [7, 11) is 0. The van der Waals surface area contributed by atoms with E-state index in [4.69, 9.17) is 9.40 Å². The molecule has 1 atom stereocenters. The fourth-order valence-corrected chi connectivity index (χ4v) is 4.46. The summed E-state index contributed by atoms with van der Waals surface area (Å²) < 4.78 is 8.52. The van der Waals surface area contributed by atoms with Gasteiger partial charge in [0, 0.05) is 19.5 Å². The highest BCUT2D eigenvalue weighted by Gasteiger charge is 2.25. The van der Waals surface area contributed by atoms with Crippen molar-refractivity contribution in [3.8, 4) is 0 Å². The van der Waals surface area contributed by atoms with Crippen molar-refractivity contribution < 1.29 is 4.42 Å². The van der Waals surface area contributed by atoms with Crippen molar-refractivity contribution >= 4 is 5.88 Å². The van der Waals surface area contributed by atoms with E-state index >= 15 is 0 Å². The number of aromatic nitrogens is 4. The molecule has 7 nitrogen and oxygen atoms in total. The lowest BCUT2D eigenvalue weighted by Crippen LogP contribution is -2.23. The van der Waals surface area contributed by atoms with Crippen LogP contribution in [0.1, 0.15) is 60.6 Å². The Morgan fingerprint density at radius 1 is 1.00 bits per heavy atom. The Morgan fingerprint density at radius 2 is 1.76 bits per heavy atom. The van der Waals surface area contributed by atoms with E-state index in [0.717, 1.165) is 55.5 Å². The predicted octanol–water partition coefficient (Wildman–Crippen LogP) is 4.90. The summed E-state index contributed by atoms with van der Waals surface area (Å²) in [5.41, 5.74) is 4.32. The minimum atomic E-state index is 0.0930. The first-order valence-corrected chi connectivity index (χ1v) is 12.2. The molecule has 4 aromatic rings. The largest absolute Gasteiger partial charge is 0.423 e. The number of nitrogens with zero attached hydrogens (tertiary/aromatic N) is 5. The highest BCUT2D eigenvalue weighted by molar-refractivity contribution is 5.45. The van der Waals surface area contributed by atoms with E-state index in [9.17, 15) is 0 Å². The van der Waals surface area contributed by atoms with Gasteiger partial charge in [0.2, 0.25) is 11.8 Å². The molecule has 1 aliphatic heterocycles. The Bertz CT molecular complexity index is 1170. The molecule has 176 valence electrons. The standard InChI is InChI=1S/C27H32N6O/c1-2-24-26-29-25(17-21-11-5-3-6-12-21)27(34-26)32(18-22-13-7-4-8-14-22)19-23-20-33(31-30-23)16-10-9-15-28-24/h3-8,11-14,20,24,28H,2,9-10,15-19H2,1H3. The average Bonchev–Trinajstić information content (AvgIpc) is 3.49. The molecule has 0 radical (unpaired) electrons. The Balaban J connectivity index is 1.56. The first-order chi connectivity index (χ1) is 16.8. The second kappa shape index (κ2) is 10.7. The molecule has 0 saturated carbocycles. The zero-order valence-corrected chi connectivity index (χ0v) is 19.7. The van der Waals surface area contributed by atoms with Crippen molar-refractivity contribution in [1.29, 1.82) is 0 Å². The van der Waals surface area contributed by atoms with Gasteiger partial charge >= 0.3 is 0 Å². The summed E-state index contributed by atoms with van der Waals surface area (Å²) in [5.74, 6) is 1.58. The number of hydrogen-bond donors (Lipinski definition) is 1. The van der Waals surface area contributed by atoms with Crippen molar-refractivity contribution in [3.63, 3.8) is 0 Å². The topological polar surface area (TPSA) is 72.0 Å². The molecule has 0 spiro atoms. The van der Waals surface area contributed by atoms with Gasteiger partial charge in [0.25, 0.3) is 0 Å². The molecule has 1 N–H and O–H groups in total. The van der Waals surface area contributed by atoms with Crippen LogP contribution in [-0.4, -0.2) is 26.5 Å². The maximum Gasteiger partial charge on any atom is 0.220 e. The molecule has 3 heterocycles. The number of nitrogens with one attached hydrogen (secondary N) is 1. The van der Waals surface area contributed by atoms with Gasteiger partial charge in [-0.05, 0) is 36.9 Å². The van der Waals surface area contributed by atoms with E-state index in [0.29, 0.717) is 19.5 Å². The smallest absolute Gasteiger partial charge is 0.220 e. The molecule has 1 aliphatic rings. The van der Waals surface area contributed by atoms with E-state index < -0.39 is 0 Å². The van der Waals surface area contributed by atoms with Gasteiger partial charge in [-0.2, -0.15) is 0 Å². The molecular weight excluding hydrogens is 424 g/mol. The van der Waals surface area contributed by atoms with E-state index in [1.54, 1.807) is 0 Å². The summed E-state index contributed by atoms with van der Waals surface area (Å²) >= 11 is 0. The van der Waals surface area contributed by atoms with Crippen LogP contribution in [0.25, 0.3) is 0 Å². The van der Waals surface area contributed by atoms with Crippen molar-refractivity contribution in [2.45, 2.75) is 58.3 Å². The Morgan fingerprint density at radius 3 is 2.53 bits per heavy atom. The maximum absolute atomic E-state index is 6.57. The van der Waals surface area contributed by atoms with Crippen LogP contribution in [0, 0.1) is 0 Å². The fraction of sp³-hybridized carbons (Fsp3) is 0.370. The molecule has 2 aromatic carbocycles. The summed E-state index contributed by atoms with van der Waals surface area (Å²) in [6.07, 6.45) is 5.81. The van der Waals surface area contributed by atoms with E-state index in [2.05, 4.69) is 82.2 Å². The lowest BCUT2D eigenvalue weighted by atomic mass is 10.1. The zero-order chi connectivity index (χ0) is 23.2. The van der Waals surface area contributed by atoms with Crippen LogP contribution in [0.4, 0.5) is 5.88 Å². The second-order valence-electron chi connectivity index (χ2n) is 8.90. The number of rotatable bonds is 5. The van der Waals surface area contributed by atoms with Gasteiger partial charge in [0.1, 0.15) is 11.4 Å². The van der Waals surface area contributed by atoms with Crippen LogP contribution in [0.5, 0.6) is 0 Å². The van der Waals surface area contributed by atoms with Gasteiger partial charge in [0.15, 0.2) is 0 Å². The second-order valence-corrected chi connectivity index (χ2v) is 8.90. The van der Waals surface area contributed by atoms with E-state index in [1.165, 1.54) is 11.1 Å². The quantitative estimate of drug-likeness (QED) is 0.461. The third-order valence-corrected chi connectivity index (χ3v) is 6.26. The average molecular weight is 457 g/mol. The first kappa shape index (κ1) is 22.3. The molecule has 5 rings (SSSR count). The summed E-state index contributed by atoms with van der Waals surface area (Å²) in [4.78, 5) is 7.30. The van der Waals surface area contributed by atoms with Gasteiger partial charge < -0.3 is 14.6 Å². The number of anilines is 1. The molecule has 7 heteroatoms. The SMILES string of the molecule is CCC1NCCCCn2cc(nn2)CN(Cc2ccccc2)c2oc1nc2Cc1ccccc1. The predicted molar refractivity (Wildman–Crippen MR) is 132 cm³/mol. The molecule has 0 saturated heterocycles. The Kier molecular flexibility index (Phi) is 7.00.